The lowest BCUT2D eigenvalue weighted by Gasteiger charge is -2.34. The van der Waals surface area contributed by atoms with Gasteiger partial charge in [0.25, 0.3) is 0 Å². The SMILES string of the molecule is COCCn1nnnc1[C@H](c1ccccn1)N1CCc2ccccc2C1. The minimum atomic E-state index is -0.0867. The van der Waals surface area contributed by atoms with Gasteiger partial charge in [0.15, 0.2) is 5.82 Å². The predicted molar refractivity (Wildman–Crippen MR) is 96.3 cm³/mol. The van der Waals surface area contributed by atoms with Crippen molar-refractivity contribution in [3.63, 3.8) is 0 Å². The molecule has 1 aliphatic heterocycles. The van der Waals surface area contributed by atoms with E-state index in [2.05, 4.69) is 49.7 Å². The van der Waals surface area contributed by atoms with Crippen LogP contribution >= 0.6 is 0 Å². The Balaban J connectivity index is 1.70. The van der Waals surface area contributed by atoms with Crippen molar-refractivity contribution >= 4 is 0 Å². The first-order valence-corrected chi connectivity index (χ1v) is 8.83. The van der Waals surface area contributed by atoms with Gasteiger partial charge < -0.3 is 4.74 Å². The summed E-state index contributed by atoms with van der Waals surface area (Å²) in [6, 6.07) is 14.5. The number of nitrogens with zero attached hydrogens (tertiary/aromatic N) is 6. The van der Waals surface area contributed by atoms with E-state index in [0.29, 0.717) is 13.2 Å². The Hall–Kier alpha value is -2.64. The Labute approximate surface area is 152 Å². The molecular formula is C19H22N6O. The summed E-state index contributed by atoms with van der Waals surface area (Å²) in [6.07, 6.45) is 2.84. The average molecular weight is 350 g/mol. The highest BCUT2D eigenvalue weighted by Gasteiger charge is 2.31. The molecule has 7 nitrogen and oxygen atoms in total. The fraction of sp³-hybridized carbons (Fsp3) is 0.368. The molecule has 2 aromatic heterocycles. The third-order valence-corrected chi connectivity index (χ3v) is 4.80. The van der Waals surface area contributed by atoms with Gasteiger partial charge in [0.1, 0.15) is 6.04 Å². The Morgan fingerprint density at radius 1 is 1.12 bits per heavy atom. The van der Waals surface area contributed by atoms with Crippen LogP contribution in [0.4, 0.5) is 0 Å². The fourth-order valence-corrected chi connectivity index (χ4v) is 3.50. The Kier molecular flexibility index (Phi) is 4.99. The number of pyridine rings is 1. The number of tetrazole rings is 1. The number of aromatic nitrogens is 5. The van der Waals surface area contributed by atoms with Crippen LogP contribution in [-0.4, -0.2) is 50.4 Å². The quantitative estimate of drug-likeness (QED) is 0.676. The molecule has 0 amide bonds. The van der Waals surface area contributed by atoms with E-state index in [-0.39, 0.29) is 6.04 Å². The lowest BCUT2D eigenvalue weighted by Crippen LogP contribution is -2.36. The molecule has 1 aliphatic rings. The van der Waals surface area contributed by atoms with E-state index in [1.165, 1.54) is 11.1 Å². The first kappa shape index (κ1) is 16.8. The highest BCUT2D eigenvalue weighted by atomic mass is 16.5. The summed E-state index contributed by atoms with van der Waals surface area (Å²) in [5, 5.41) is 12.4. The zero-order valence-electron chi connectivity index (χ0n) is 14.8. The van der Waals surface area contributed by atoms with Crippen LogP contribution < -0.4 is 0 Å². The topological polar surface area (TPSA) is 69.0 Å². The smallest absolute Gasteiger partial charge is 0.174 e. The molecule has 0 unspecified atom stereocenters. The highest BCUT2D eigenvalue weighted by Crippen LogP contribution is 2.30. The van der Waals surface area contributed by atoms with Crippen molar-refractivity contribution in [3.05, 3.63) is 71.3 Å². The molecule has 0 bridgehead atoms. The number of ether oxygens (including phenoxy) is 1. The maximum Gasteiger partial charge on any atom is 0.174 e. The van der Waals surface area contributed by atoms with E-state index in [1.807, 2.05) is 29.1 Å². The Bertz CT molecular complexity index is 850. The molecule has 1 aromatic carbocycles. The first-order valence-electron chi connectivity index (χ1n) is 8.83. The van der Waals surface area contributed by atoms with Crippen LogP contribution in [0.1, 0.15) is 28.7 Å². The van der Waals surface area contributed by atoms with Crippen molar-refractivity contribution in [1.82, 2.24) is 30.1 Å². The molecule has 7 heteroatoms. The molecule has 0 aliphatic carbocycles. The van der Waals surface area contributed by atoms with Crippen LogP contribution in [0.2, 0.25) is 0 Å². The molecule has 0 N–H and O–H groups in total. The molecular weight excluding hydrogens is 328 g/mol. The third kappa shape index (κ3) is 3.36. The minimum absolute atomic E-state index is 0.0867. The number of rotatable bonds is 6. The molecule has 0 saturated carbocycles. The van der Waals surface area contributed by atoms with Crippen LogP contribution in [0.3, 0.4) is 0 Å². The van der Waals surface area contributed by atoms with Gasteiger partial charge >= 0.3 is 0 Å². The van der Waals surface area contributed by atoms with Crippen molar-refractivity contribution < 1.29 is 4.74 Å². The van der Waals surface area contributed by atoms with E-state index in [1.54, 1.807) is 7.11 Å². The van der Waals surface area contributed by atoms with Crippen molar-refractivity contribution in [1.29, 1.82) is 0 Å². The largest absolute Gasteiger partial charge is 0.383 e. The maximum atomic E-state index is 5.20. The molecule has 0 spiro atoms. The second-order valence-electron chi connectivity index (χ2n) is 6.40. The van der Waals surface area contributed by atoms with Gasteiger partial charge in [0.05, 0.1) is 18.8 Å². The zero-order valence-corrected chi connectivity index (χ0v) is 14.8. The van der Waals surface area contributed by atoms with Crippen LogP contribution in [-0.2, 0) is 24.2 Å². The summed E-state index contributed by atoms with van der Waals surface area (Å²) in [5.41, 5.74) is 3.73. The molecule has 0 fully saturated rings. The van der Waals surface area contributed by atoms with Gasteiger partial charge in [-0.15, -0.1) is 5.10 Å². The number of fused-ring (bicyclic) bond motifs is 1. The van der Waals surface area contributed by atoms with E-state index in [0.717, 1.165) is 31.0 Å². The monoisotopic (exact) mass is 350 g/mol. The second-order valence-corrected chi connectivity index (χ2v) is 6.40. The molecule has 1 atom stereocenters. The summed E-state index contributed by atoms with van der Waals surface area (Å²) in [4.78, 5) is 7.01. The zero-order chi connectivity index (χ0) is 17.8. The summed E-state index contributed by atoms with van der Waals surface area (Å²) < 4.78 is 7.02. The molecule has 4 rings (SSSR count). The van der Waals surface area contributed by atoms with Crippen LogP contribution in [0.25, 0.3) is 0 Å². The van der Waals surface area contributed by atoms with Gasteiger partial charge in [-0.1, -0.05) is 30.3 Å². The molecule has 0 radical (unpaired) electrons. The molecule has 26 heavy (non-hydrogen) atoms. The first-order chi connectivity index (χ1) is 12.9. The highest BCUT2D eigenvalue weighted by molar-refractivity contribution is 5.30. The number of benzene rings is 1. The third-order valence-electron chi connectivity index (χ3n) is 4.80. The summed E-state index contributed by atoms with van der Waals surface area (Å²) in [6.45, 7) is 2.98. The van der Waals surface area contributed by atoms with Gasteiger partial charge in [0, 0.05) is 26.4 Å². The normalized spacial score (nSPS) is 15.6. The molecule has 134 valence electrons. The number of hydrogen-bond acceptors (Lipinski definition) is 6. The number of methoxy groups -OCH3 is 1. The van der Waals surface area contributed by atoms with E-state index in [4.69, 9.17) is 4.74 Å². The van der Waals surface area contributed by atoms with Crippen molar-refractivity contribution in [3.8, 4) is 0 Å². The van der Waals surface area contributed by atoms with E-state index < -0.39 is 0 Å². The van der Waals surface area contributed by atoms with Crippen molar-refractivity contribution in [2.45, 2.75) is 25.6 Å². The molecule has 3 aromatic rings. The van der Waals surface area contributed by atoms with Crippen LogP contribution in [0.5, 0.6) is 0 Å². The van der Waals surface area contributed by atoms with E-state index >= 15 is 0 Å². The minimum Gasteiger partial charge on any atom is -0.383 e. The van der Waals surface area contributed by atoms with Gasteiger partial charge in [-0.2, -0.15) is 0 Å². The lowest BCUT2D eigenvalue weighted by atomic mass is 9.97. The summed E-state index contributed by atoms with van der Waals surface area (Å²) >= 11 is 0. The van der Waals surface area contributed by atoms with Gasteiger partial charge in [-0.25, -0.2) is 4.68 Å². The second kappa shape index (κ2) is 7.72. The van der Waals surface area contributed by atoms with Crippen LogP contribution in [0.15, 0.2) is 48.7 Å². The average Bonchev–Trinajstić information content (AvgIpc) is 3.15. The Morgan fingerprint density at radius 3 is 2.77 bits per heavy atom. The van der Waals surface area contributed by atoms with Crippen molar-refractivity contribution in [2.75, 3.05) is 20.3 Å². The summed E-state index contributed by atoms with van der Waals surface area (Å²) in [7, 11) is 1.68. The fourth-order valence-electron chi connectivity index (χ4n) is 3.50. The Morgan fingerprint density at radius 2 is 1.96 bits per heavy atom. The molecule has 0 saturated heterocycles. The van der Waals surface area contributed by atoms with Gasteiger partial charge in [-0.3, -0.25) is 9.88 Å². The van der Waals surface area contributed by atoms with E-state index in [9.17, 15) is 0 Å². The maximum absolute atomic E-state index is 5.20. The lowest BCUT2D eigenvalue weighted by molar-refractivity contribution is 0.168. The van der Waals surface area contributed by atoms with Crippen LogP contribution in [0, 0.1) is 0 Å². The summed E-state index contributed by atoms with van der Waals surface area (Å²) in [5.74, 6) is 0.806. The number of hydrogen-bond donors (Lipinski definition) is 0. The van der Waals surface area contributed by atoms with Gasteiger partial charge in [0.2, 0.25) is 0 Å². The molecule has 3 heterocycles. The predicted octanol–water partition coefficient (Wildman–Crippen LogP) is 1.86. The van der Waals surface area contributed by atoms with Crippen molar-refractivity contribution in [2.24, 2.45) is 0 Å². The van der Waals surface area contributed by atoms with Gasteiger partial charge in [-0.05, 0) is 40.1 Å². The standard InChI is InChI=1S/C19H22N6O/c1-26-13-12-25-19(21-22-23-25)18(17-8-4-5-10-20-17)24-11-9-15-6-2-3-7-16(15)14-24/h2-8,10,18H,9,11-14H2,1H3/t18-/m0/s1.